The van der Waals surface area contributed by atoms with E-state index in [2.05, 4.69) is 12.1 Å². The summed E-state index contributed by atoms with van der Waals surface area (Å²) in [5.74, 6) is 2.17. The molecule has 0 spiro atoms. The second-order valence-electron chi connectivity index (χ2n) is 10.3. The van der Waals surface area contributed by atoms with Crippen LogP contribution in [-0.2, 0) is 6.42 Å². The van der Waals surface area contributed by atoms with Gasteiger partial charge in [0.05, 0.1) is 40.4 Å². The van der Waals surface area contributed by atoms with Crippen LogP contribution in [0.1, 0.15) is 34.9 Å². The standard InChI is InChI=1S/C33H24ClN3O6S/c1-41-20-9-13-27(42-2)25(16-20)31-24-11-7-18-5-3-4-6-22(18)30(24)35-33-36(31)32(38)29(44-33)17-21-10-14-28(43-21)23-12-8-19(37(39)40)15-26(23)34/h3-6,8-10,12-17,31H,7,11H2,1-2H3/t31-/m1/s1. The minimum Gasteiger partial charge on any atom is -0.497 e. The van der Waals surface area contributed by atoms with E-state index in [4.69, 9.17) is 30.5 Å². The molecule has 11 heteroatoms. The van der Waals surface area contributed by atoms with Gasteiger partial charge in [-0.15, -0.1) is 0 Å². The molecule has 1 aliphatic heterocycles. The first kappa shape index (κ1) is 27.9. The van der Waals surface area contributed by atoms with Gasteiger partial charge in [-0.3, -0.25) is 19.5 Å². The smallest absolute Gasteiger partial charge is 0.271 e. The van der Waals surface area contributed by atoms with Gasteiger partial charge in [0.2, 0.25) is 0 Å². The highest BCUT2D eigenvalue weighted by Gasteiger charge is 2.34. The van der Waals surface area contributed by atoms with Gasteiger partial charge in [0.1, 0.15) is 23.0 Å². The highest BCUT2D eigenvalue weighted by atomic mass is 35.5. The number of nitrogens with zero attached hydrogens (tertiary/aromatic N) is 3. The summed E-state index contributed by atoms with van der Waals surface area (Å²) in [5.41, 5.74) is 5.21. The van der Waals surface area contributed by atoms with E-state index >= 15 is 0 Å². The van der Waals surface area contributed by atoms with Crippen LogP contribution in [0.4, 0.5) is 5.69 Å². The number of allylic oxidation sites excluding steroid dienone is 1. The Balaban J connectivity index is 1.40. The van der Waals surface area contributed by atoms with Crippen molar-refractivity contribution in [2.75, 3.05) is 14.2 Å². The zero-order chi connectivity index (χ0) is 30.5. The molecule has 220 valence electrons. The van der Waals surface area contributed by atoms with Gasteiger partial charge >= 0.3 is 0 Å². The van der Waals surface area contributed by atoms with E-state index in [0.29, 0.717) is 37.9 Å². The molecule has 0 saturated carbocycles. The van der Waals surface area contributed by atoms with Gasteiger partial charge < -0.3 is 13.9 Å². The third-order valence-electron chi connectivity index (χ3n) is 7.93. The molecule has 7 rings (SSSR count). The van der Waals surface area contributed by atoms with Gasteiger partial charge in [-0.05, 0) is 60.4 Å². The molecule has 2 aromatic heterocycles. The fourth-order valence-corrected chi connectivity index (χ4v) is 7.12. The first-order chi connectivity index (χ1) is 21.4. The third kappa shape index (κ3) is 4.63. The molecule has 0 fully saturated rings. The second kappa shape index (κ2) is 11.0. The molecule has 2 aliphatic rings. The van der Waals surface area contributed by atoms with Crippen molar-refractivity contribution in [1.82, 2.24) is 4.57 Å². The summed E-state index contributed by atoms with van der Waals surface area (Å²) in [7, 11) is 3.23. The summed E-state index contributed by atoms with van der Waals surface area (Å²) in [6.45, 7) is 0. The number of halogens is 1. The van der Waals surface area contributed by atoms with Crippen LogP contribution in [0.2, 0.25) is 5.02 Å². The molecule has 1 aliphatic carbocycles. The molecular formula is C33H24ClN3O6S. The lowest BCUT2D eigenvalue weighted by atomic mass is 9.83. The van der Waals surface area contributed by atoms with Crippen LogP contribution < -0.4 is 24.4 Å². The number of rotatable bonds is 6. The molecule has 5 aromatic rings. The summed E-state index contributed by atoms with van der Waals surface area (Å²) in [4.78, 5) is 30.4. The number of ether oxygens (including phenoxy) is 2. The molecule has 0 bridgehead atoms. The van der Waals surface area contributed by atoms with Crippen LogP contribution in [0.25, 0.3) is 23.1 Å². The van der Waals surface area contributed by atoms with Gasteiger partial charge in [-0.1, -0.05) is 47.2 Å². The minimum absolute atomic E-state index is 0.112. The van der Waals surface area contributed by atoms with Crippen LogP contribution in [-0.4, -0.2) is 23.7 Å². The number of nitro groups is 1. The Morgan fingerprint density at radius 2 is 1.89 bits per heavy atom. The molecule has 0 unspecified atom stereocenters. The van der Waals surface area contributed by atoms with E-state index in [1.165, 1.54) is 29.0 Å². The quantitative estimate of drug-likeness (QED) is 0.165. The lowest BCUT2D eigenvalue weighted by molar-refractivity contribution is -0.384. The molecule has 0 N–H and O–H groups in total. The minimum atomic E-state index is -0.506. The number of thiazole rings is 1. The van der Waals surface area contributed by atoms with Crippen LogP contribution in [0.15, 0.2) is 92.6 Å². The molecule has 9 nitrogen and oxygen atoms in total. The highest BCUT2D eigenvalue weighted by Crippen LogP contribution is 2.44. The average molecular weight is 626 g/mol. The topological polar surface area (TPSA) is 109 Å². The van der Waals surface area contributed by atoms with Gasteiger partial charge in [0, 0.05) is 34.9 Å². The van der Waals surface area contributed by atoms with E-state index in [9.17, 15) is 14.9 Å². The Morgan fingerprint density at radius 1 is 1.05 bits per heavy atom. The number of hydrogen-bond donors (Lipinski definition) is 0. The monoisotopic (exact) mass is 625 g/mol. The Hall–Kier alpha value is -4.93. The fourth-order valence-electron chi connectivity index (χ4n) is 5.87. The van der Waals surface area contributed by atoms with Crippen LogP contribution in [0.3, 0.4) is 0 Å². The molecule has 44 heavy (non-hydrogen) atoms. The van der Waals surface area contributed by atoms with Crippen LogP contribution in [0, 0.1) is 10.1 Å². The summed E-state index contributed by atoms with van der Waals surface area (Å²) in [5, 5.41) is 11.3. The van der Waals surface area contributed by atoms with Crippen molar-refractivity contribution < 1.29 is 18.8 Å². The predicted molar refractivity (Wildman–Crippen MR) is 168 cm³/mol. The van der Waals surface area contributed by atoms with Gasteiger partial charge in [0.25, 0.3) is 11.2 Å². The maximum absolute atomic E-state index is 14.2. The highest BCUT2D eigenvalue weighted by molar-refractivity contribution is 7.07. The van der Waals surface area contributed by atoms with Crippen molar-refractivity contribution in [1.29, 1.82) is 0 Å². The van der Waals surface area contributed by atoms with Crippen molar-refractivity contribution in [2.45, 2.75) is 18.9 Å². The molecule has 0 radical (unpaired) electrons. The summed E-state index contributed by atoms with van der Waals surface area (Å²) in [6.07, 6.45) is 3.25. The number of fused-ring (bicyclic) bond motifs is 3. The van der Waals surface area contributed by atoms with Crippen molar-refractivity contribution in [3.8, 4) is 22.8 Å². The Kier molecular flexibility index (Phi) is 6.95. The van der Waals surface area contributed by atoms with Crippen molar-refractivity contribution in [3.63, 3.8) is 0 Å². The molecule has 1 atom stereocenters. The van der Waals surface area contributed by atoms with Crippen molar-refractivity contribution >= 4 is 40.4 Å². The molecule has 0 amide bonds. The zero-order valence-electron chi connectivity index (χ0n) is 23.6. The Bertz CT molecular complexity index is 2200. The lowest BCUT2D eigenvalue weighted by Gasteiger charge is -2.31. The second-order valence-corrected chi connectivity index (χ2v) is 11.8. The number of furan rings is 1. The van der Waals surface area contributed by atoms with Gasteiger partial charge in [-0.25, -0.2) is 4.99 Å². The van der Waals surface area contributed by atoms with E-state index in [1.807, 2.05) is 30.3 Å². The summed E-state index contributed by atoms with van der Waals surface area (Å²) < 4.78 is 19.6. The van der Waals surface area contributed by atoms with Gasteiger partial charge in [-0.2, -0.15) is 0 Å². The largest absolute Gasteiger partial charge is 0.497 e. The maximum Gasteiger partial charge on any atom is 0.271 e. The van der Waals surface area contributed by atoms with Gasteiger partial charge in [0.15, 0.2) is 4.80 Å². The van der Waals surface area contributed by atoms with Crippen molar-refractivity contribution in [2.24, 2.45) is 4.99 Å². The molecule has 3 aromatic carbocycles. The third-order valence-corrected chi connectivity index (χ3v) is 9.23. The summed E-state index contributed by atoms with van der Waals surface area (Å²) >= 11 is 7.61. The fraction of sp³-hybridized carbons (Fsp3) is 0.152. The molecular weight excluding hydrogens is 602 g/mol. The predicted octanol–water partition coefficient (Wildman–Crippen LogP) is 6.16. The Morgan fingerprint density at radius 3 is 2.66 bits per heavy atom. The first-order valence-corrected chi connectivity index (χ1v) is 14.9. The van der Waals surface area contributed by atoms with Crippen LogP contribution in [0.5, 0.6) is 11.5 Å². The zero-order valence-corrected chi connectivity index (χ0v) is 25.1. The average Bonchev–Trinajstić information content (AvgIpc) is 3.63. The lowest BCUT2D eigenvalue weighted by Crippen LogP contribution is -2.39. The number of non-ortho nitro benzene ring substituents is 1. The first-order valence-electron chi connectivity index (χ1n) is 13.8. The SMILES string of the molecule is COc1ccc(OC)c([C@H]2C3=C(N=c4sc(=Cc5ccc(-c6ccc([N+](=O)[O-])cc6Cl)o5)c(=O)n42)c2ccccc2CC3)c1. The number of aromatic nitrogens is 1. The van der Waals surface area contributed by atoms with E-state index in [-0.39, 0.29) is 16.3 Å². The Labute approximate surface area is 259 Å². The molecule has 0 saturated heterocycles. The number of benzene rings is 3. The summed E-state index contributed by atoms with van der Waals surface area (Å²) in [6, 6.07) is 21.0. The maximum atomic E-state index is 14.2. The van der Waals surface area contributed by atoms with Crippen LogP contribution >= 0.6 is 22.9 Å². The number of methoxy groups -OCH3 is 2. The number of nitro benzene ring substituents is 1. The van der Waals surface area contributed by atoms with Crippen molar-refractivity contribution in [3.05, 3.63) is 136 Å². The van der Waals surface area contributed by atoms with E-state index < -0.39 is 11.0 Å². The van der Waals surface area contributed by atoms with E-state index in [1.54, 1.807) is 43.1 Å². The normalized spacial score (nSPS) is 15.7. The number of hydrogen-bond acceptors (Lipinski definition) is 8. The number of aryl methyl sites for hydroxylation is 1. The van der Waals surface area contributed by atoms with E-state index in [0.717, 1.165) is 35.2 Å². The molecule has 3 heterocycles.